The van der Waals surface area contributed by atoms with E-state index in [9.17, 15) is 19.0 Å². The molecule has 0 aliphatic carbocycles. The van der Waals surface area contributed by atoms with Crippen molar-refractivity contribution in [2.24, 2.45) is 0 Å². The summed E-state index contributed by atoms with van der Waals surface area (Å²) >= 11 is 0. The maximum Gasteiger partial charge on any atom is 0.306 e. The number of phosphoric ester groups is 1. The van der Waals surface area contributed by atoms with Crippen LogP contribution in [0.4, 0.5) is 0 Å². The number of quaternary nitrogens is 1. The van der Waals surface area contributed by atoms with Crippen molar-refractivity contribution < 1.29 is 42.1 Å². The highest BCUT2D eigenvalue weighted by molar-refractivity contribution is 7.45. The summed E-state index contributed by atoms with van der Waals surface area (Å²) in [6.45, 7) is 4.28. The fraction of sp³-hybridized carbons (Fsp3) is 0.959. The molecule has 0 aromatic rings. The standard InChI is InChI=1S/C49H98NO8P/c1-6-8-10-12-14-16-18-20-22-23-24-25-26-27-28-30-31-33-35-37-39-41-48(51)55-45-47(46-57-59(53,54)56-44-43-50(3,4)5)58-49(52)42-40-38-36-34-32-29-21-19-17-15-13-11-9-7-2/h47H,6-46H2,1-5H3/t47-/m0/s1. The highest BCUT2D eigenvalue weighted by Gasteiger charge is 2.21. The van der Waals surface area contributed by atoms with E-state index in [0.717, 1.165) is 32.1 Å². The molecular weight excluding hydrogens is 762 g/mol. The summed E-state index contributed by atoms with van der Waals surface area (Å²) in [7, 11) is 1.19. The molecule has 0 saturated heterocycles. The van der Waals surface area contributed by atoms with Crippen molar-refractivity contribution in [2.45, 2.75) is 258 Å². The lowest BCUT2D eigenvalue weighted by molar-refractivity contribution is -0.870. The van der Waals surface area contributed by atoms with Crippen LogP contribution in [0.25, 0.3) is 0 Å². The van der Waals surface area contributed by atoms with Gasteiger partial charge in [0.1, 0.15) is 19.8 Å². The van der Waals surface area contributed by atoms with Crippen LogP contribution in [-0.2, 0) is 32.7 Å². The summed E-state index contributed by atoms with van der Waals surface area (Å²) in [5.74, 6) is -0.815. The molecule has 1 unspecified atom stereocenters. The van der Waals surface area contributed by atoms with Gasteiger partial charge in [0.15, 0.2) is 6.10 Å². The summed E-state index contributed by atoms with van der Waals surface area (Å²) in [5.41, 5.74) is 0. The van der Waals surface area contributed by atoms with Crippen LogP contribution in [-0.4, -0.2) is 70.0 Å². The lowest BCUT2D eigenvalue weighted by Gasteiger charge is -2.28. The van der Waals surface area contributed by atoms with E-state index >= 15 is 0 Å². The Bertz CT molecular complexity index is 974. The molecule has 0 amide bonds. The monoisotopic (exact) mass is 860 g/mol. The second kappa shape index (κ2) is 42.3. The van der Waals surface area contributed by atoms with Gasteiger partial charge in [-0.3, -0.25) is 14.2 Å². The van der Waals surface area contributed by atoms with E-state index < -0.39 is 26.5 Å². The lowest BCUT2D eigenvalue weighted by Crippen LogP contribution is -2.37. The van der Waals surface area contributed by atoms with Crippen LogP contribution in [0.2, 0.25) is 0 Å². The zero-order chi connectivity index (χ0) is 43.6. The molecule has 0 fully saturated rings. The number of ether oxygens (including phenoxy) is 2. The largest absolute Gasteiger partial charge is 0.756 e. The van der Waals surface area contributed by atoms with Gasteiger partial charge in [0.25, 0.3) is 7.82 Å². The molecule has 0 heterocycles. The second-order valence-electron chi connectivity index (χ2n) is 18.6. The Morgan fingerprint density at radius 3 is 1.08 bits per heavy atom. The first-order valence-corrected chi connectivity index (χ1v) is 26.7. The minimum atomic E-state index is -4.62. The third kappa shape index (κ3) is 46.3. The summed E-state index contributed by atoms with van der Waals surface area (Å²) in [6.07, 6.45) is 44.2. The average Bonchev–Trinajstić information content (AvgIpc) is 3.19. The number of esters is 2. The number of hydrogen-bond acceptors (Lipinski definition) is 8. The molecule has 9 nitrogen and oxygen atoms in total. The summed E-state index contributed by atoms with van der Waals surface area (Å²) in [6, 6.07) is 0. The fourth-order valence-corrected chi connectivity index (χ4v) is 8.15. The first-order chi connectivity index (χ1) is 28.5. The molecule has 2 atom stereocenters. The Kier molecular flexibility index (Phi) is 41.6. The zero-order valence-electron chi connectivity index (χ0n) is 39.7. The van der Waals surface area contributed by atoms with Crippen molar-refractivity contribution in [3.63, 3.8) is 0 Å². The van der Waals surface area contributed by atoms with Crippen LogP contribution in [0.15, 0.2) is 0 Å². The fourth-order valence-electron chi connectivity index (χ4n) is 7.42. The molecule has 0 rings (SSSR count). The van der Waals surface area contributed by atoms with Crippen molar-refractivity contribution in [2.75, 3.05) is 47.5 Å². The van der Waals surface area contributed by atoms with Crippen molar-refractivity contribution in [3.8, 4) is 0 Å². The number of nitrogens with zero attached hydrogens (tertiary/aromatic N) is 1. The number of carbonyl (C=O) groups excluding carboxylic acids is 2. The molecule has 10 heteroatoms. The van der Waals surface area contributed by atoms with Gasteiger partial charge in [-0.1, -0.05) is 226 Å². The molecule has 0 bridgehead atoms. The maximum absolute atomic E-state index is 12.7. The van der Waals surface area contributed by atoms with E-state index in [1.165, 1.54) is 186 Å². The average molecular weight is 860 g/mol. The highest BCUT2D eigenvalue weighted by atomic mass is 31.2. The number of carbonyl (C=O) groups is 2. The van der Waals surface area contributed by atoms with Gasteiger partial charge in [-0.05, 0) is 12.8 Å². The molecule has 0 aliphatic rings. The zero-order valence-corrected chi connectivity index (χ0v) is 40.6. The van der Waals surface area contributed by atoms with Gasteiger partial charge in [-0.2, -0.15) is 0 Å². The Balaban J connectivity index is 4.17. The Labute approximate surface area is 365 Å². The quantitative estimate of drug-likeness (QED) is 0.0257. The first kappa shape index (κ1) is 58.0. The van der Waals surface area contributed by atoms with E-state index in [1.807, 2.05) is 21.1 Å². The van der Waals surface area contributed by atoms with Crippen molar-refractivity contribution in [3.05, 3.63) is 0 Å². The van der Waals surface area contributed by atoms with Gasteiger partial charge in [0, 0.05) is 12.8 Å². The van der Waals surface area contributed by atoms with Crippen LogP contribution in [0.1, 0.15) is 251 Å². The molecule has 0 saturated carbocycles. The summed E-state index contributed by atoms with van der Waals surface area (Å²) in [4.78, 5) is 37.6. The van der Waals surface area contributed by atoms with Crippen LogP contribution in [0.3, 0.4) is 0 Å². The van der Waals surface area contributed by atoms with Gasteiger partial charge in [0.05, 0.1) is 27.7 Å². The third-order valence-electron chi connectivity index (χ3n) is 11.4. The predicted octanol–water partition coefficient (Wildman–Crippen LogP) is 14.1. The van der Waals surface area contributed by atoms with Gasteiger partial charge in [-0.25, -0.2) is 0 Å². The number of phosphoric acid groups is 1. The molecule has 0 aliphatic heterocycles. The van der Waals surface area contributed by atoms with E-state index in [-0.39, 0.29) is 32.0 Å². The van der Waals surface area contributed by atoms with Crippen molar-refractivity contribution >= 4 is 19.8 Å². The minimum absolute atomic E-state index is 0.0254. The SMILES string of the molecule is CCCCCCCCCCCCCCCCCCCCCCCC(=O)OC[C@@H](COP(=O)([O-])OCC[N+](C)(C)C)OC(=O)CCCCCCCCCCCCCCCC. The van der Waals surface area contributed by atoms with Crippen molar-refractivity contribution in [1.82, 2.24) is 0 Å². The number of rotatable bonds is 47. The van der Waals surface area contributed by atoms with E-state index in [4.69, 9.17) is 18.5 Å². The normalized spacial score (nSPS) is 13.4. The Morgan fingerprint density at radius 1 is 0.458 bits per heavy atom. The van der Waals surface area contributed by atoms with Gasteiger partial charge >= 0.3 is 11.9 Å². The summed E-state index contributed by atoms with van der Waals surface area (Å²) < 4.78 is 34.0. The van der Waals surface area contributed by atoms with Crippen molar-refractivity contribution in [1.29, 1.82) is 0 Å². The number of likely N-dealkylation sites (N-methyl/N-ethyl adjacent to an activating group) is 1. The Morgan fingerprint density at radius 2 is 0.763 bits per heavy atom. The van der Waals surface area contributed by atoms with Crippen LogP contribution < -0.4 is 4.89 Å². The molecule has 59 heavy (non-hydrogen) atoms. The lowest BCUT2D eigenvalue weighted by atomic mass is 10.0. The second-order valence-corrected chi connectivity index (χ2v) is 20.0. The van der Waals surface area contributed by atoms with Gasteiger partial charge < -0.3 is 27.9 Å². The van der Waals surface area contributed by atoms with E-state index in [2.05, 4.69) is 13.8 Å². The smallest absolute Gasteiger partial charge is 0.306 e. The third-order valence-corrected chi connectivity index (χ3v) is 12.3. The van der Waals surface area contributed by atoms with Gasteiger partial charge in [0.2, 0.25) is 0 Å². The summed E-state index contributed by atoms with van der Waals surface area (Å²) in [5, 5.41) is 0. The molecule has 0 radical (unpaired) electrons. The number of unbranched alkanes of at least 4 members (excludes halogenated alkanes) is 33. The van der Waals surface area contributed by atoms with E-state index in [0.29, 0.717) is 17.4 Å². The van der Waals surface area contributed by atoms with Gasteiger partial charge in [-0.15, -0.1) is 0 Å². The highest BCUT2D eigenvalue weighted by Crippen LogP contribution is 2.38. The topological polar surface area (TPSA) is 111 Å². The maximum atomic E-state index is 12.7. The van der Waals surface area contributed by atoms with Crippen LogP contribution in [0, 0.1) is 0 Å². The molecule has 0 spiro atoms. The molecule has 0 aromatic carbocycles. The minimum Gasteiger partial charge on any atom is -0.756 e. The Hall–Kier alpha value is -0.990. The molecule has 0 aromatic heterocycles. The van der Waals surface area contributed by atoms with Crippen LogP contribution >= 0.6 is 7.82 Å². The predicted molar refractivity (Wildman–Crippen MR) is 245 cm³/mol. The number of hydrogen-bond donors (Lipinski definition) is 0. The van der Waals surface area contributed by atoms with Crippen LogP contribution in [0.5, 0.6) is 0 Å². The first-order valence-electron chi connectivity index (χ1n) is 25.2. The molecule has 352 valence electrons. The molecular formula is C49H98NO8P. The molecule has 0 N–H and O–H groups in total. The van der Waals surface area contributed by atoms with E-state index in [1.54, 1.807) is 0 Å².